The molecule has 0 aliphatic rings. The lowest BCUT2D eigenvalue weighted by atomic mass is 10.0. The molecule has 0 unspecified atom stereocenters. The Morgan fingerprint density at radius 3 is 2.42 bits per heavy atom. The lowest BCUT2D eigenvalue weighted by Gasteiger charge is -2.04. The summed E-state index contributed by atoms with van der Waals surface area (Å²) in [5, 5.41) is 33.8. The molecule has 3 heterocycles. The number of aromatic nitrogens is 4. The molecule has 0 saturated heterocycles. The molecule has 4 aromatic rings. The summed E-state index contributed by atoms with van der Waals surface area (Å²) in [5.41, 5.74) is 3.05. The monoisotopic (exact) mass is 363 g/mol. The van der Waals surface area contributed by atoms with Gasteiger partial charge < -0.3 is 10.2 Å². The molecule has 2 N–H and O–H groups in total. The summed E-state index contributed by atoms with van der Waals surface area (Å²) in [5.74, 6) is -0.579. The Labute approximate surface area is 152 Å². The fraction of sp³-hybridized carbons (Fsp3) is 0. The maximum atomic E-state index is 10.1. The van der Waals surface area contributed by atoms with E-state index in [1.807, 2.05) is 6.07 Å². The zero-order valence-corrected chi connectivity index (χ0v) is 13.9. The van der Waals surface area contributed by atoms with Crippen molar-refractivity contribution in [3.63, 3.8) is 0 Å². The number of pyridine rings is 1. The van der Waals surface area contributed by atoms with Crippen LogP contribution in [0.2, 0.25) is 5.02 Å². The summed E-state index contributed by atoms with van der Waals surface area (Å²) in [6, 6.07) is 13.4. The second kappa shape index (κ2) is 6.02. The van der Waals surface area contributed by atoms with E-state index in [4.69, 9.17) is 16.9 Å². The number of benzene rings is 1. The summed E-state index contributed by atoms with van der Waals surface area (Å²) in [7, 11) is 0. The fourth-order valence-corrected chi connectivity index (χ4v) is 2.80. The standard InChI is InChI=1S/C18H10ClN5O2/c19-12-4-1-10(2-5-12)16-17(11-3-6-13(8-20)21-9-11)23-24-15(26)7-14(25)22-18(16)24/h1-7,9,26H,(H,22,25). The minimum absolute atomic E-state index is 0.254. The van der Waals surface area contributed by atoms with E-state index in [0.29, 0.717) is 21.8 Å². The van der Waals surface area contributed by atoms with Crippen LogP contribution < -0.4 is 0 Å². The van der Waals surface area contributed by atoms with Crippen LogP contribution in [0.5, 0.6) is 11.8 Å². The second-order valence-electron chi connectivity index (χ2n) is 5.48. The Kier molecular flexibility index (Phi) is 3.68. The van der Waals surface area contributed by atoms with Gasteiger partial charge in [0.1, 0.15) is 17.5 Å². The SMILES string of the molecule is N#Cc1ccc(-c2nn3c(O)cc(O)nc3c2-c2ccc(Cl)cc2)cn1. The van der Waals surface area contributed by atoms with Crippen LogP contribution in [-0.4, -0.2) is 29.8 Å². The van der Waals surface area contributed by atoms with Gasteiger partial charge in [-0.2, -0.15) is 19.9 Å². The van der Waals surface area contributed by atoms with Gasteiger partial charge in [-0.3, -0.25) is 0 Å². The quantitative estimate of drug-likeness (QED) is 0.565. The number of rotatable bonds is 2. The molecule has 3 aromatic heterocycles. The lowest BCUT2D eigenvalue weighted by molar-refractivity contribution is 0.413. The summed E-state index contributed by atoms with van der Waals surface area (Å²) >= 11 is 5.97. The molecule has 126 valence electrons. The molecule has 1 aromatic carbocycles. The predicted octanol–water partition coefficient (Wildman–Crippen LogP) is 3.39. The number of fused-ring (bicyclic) bond motifs is 1. The van der Waals surface area contributed by atoms with E-state index < -0.39 is 0 Å². The predicted molar refractivity (Wildman–Crippen MR) is 94.7 cm³/mol. The molecular weight excluding hydrogens is 354 g/mol. The molecule has 0 saturated carbocycles. The van der Waals surface area contributed by atoms with Crippen LogP contribution in [0.4, 0.5) is 0 Å². The van der Waals surface area contributed by atoms with Crippen molar-refractivity contribution in [3.8, 4) is 40.2 Å². The molecule has 0 aliphatic carbocycles. The van der Waals surface area contributed by atoms with Crippen LogP contribution in [-0.2, 0) is 0 Å². The third-order valence-electron chi connectivity index (χ3n) is 3.84. The van der Waals surface area contributed by atoms with Gasteiger partial charge in [0.05, 0.1) is 11.6 Å². The summed E-state index contributed by atoms with van der Waals surface area (Å²) < 4.78 is 1.23. The van der Waals surface area contributed by atoms with E-state index in [0.717, 1.165) is 11.6 Å². The molecule has 4 rings (SSSR count). The average molecular weight is 364 g/mol. The van der Waals surface area contributed by atoms with Crippen LogP contribution in [0.15, 0.2) is 48.7 Å². The van der Waals surface area contributed by atoms with Crippen molar-refractivity contribution in [3.05, 3.63) is 59.4 Å². The number of nitrogens with zero attached hydrogens (tertiary/aromatic N) is 5. The van der Waals surface area contributed by atoms with Crippen LogP contribution in [0.25, 0.3) is 28.0 Å². The Morgan fingerprint density at radius 2 is 1.77 bits per heavy atom. The Hall–Kier alpha value is -3.63. The molecule has 0 atom stereocenters. The van der Waals surface area contributed by atoms with E-state index in [1.54, 1.807) is 36.4 Å². The van der Waals surface area contributed by atoms with E-state index in [1.165, 1.54) is 10.7 Å². The fourth-order valence-electron chi connectivity index (χ4n) is 2.67. The first-order valence-corrected chi connectivity index (χ1v) is 7.89. The number of hydrogen-bond acceptors (Lipinski definition) is 6. The molecule has 8 heteroatoms. The third kappa shape index (κ3) is 2.59. The van der Waals surface area contributed by atoms with Crippen molar-refractivity contribution in [2.45, 2.75) is 0 Å². The van der Waals surface area contributed by atoms with Crippen LogP contribution in [0.3, 0.4) is 0 Å². The van der Waals surface area contributed by atoms with E-state index >= 15 is 0 Å². The lowest BCUT2D eigenvalue weighted by Crippen LogP contribution is -1.91. The molecule has 0 bridgehead atoms. The summed E-state index contributed by atoms with van der Waals surface area (Å²) in [6.45, 7) is 0. The van der Waals surface area contributed by atoms with Gasteiger partial charge in [0, 0.05) is 16.8 Å². The van der Waals surface area contributed by atoms with Gasteiger partial charge in [0.15, 0.2) is 5.65 Å². The van der Waals surface area contributed by atoms with Gasteiger partial charge in [-0.15, -0.1) is 0 Å². The molecular formula is C18H10ClN5O2. The van der Waals surface area contributed by atoms with Crippen LogP contribution in [0, 0.1) is 11.3 Å². The van der Waals surface area contributed by atoms with Gasteiger partial charge in [0.2, 0.25) is 11.8 Å². The van der Waals surface area contributed by atoms with Gasteiger partial charge in [-0.25, -0.2) is 4.98 Å². The van der Waals surface area contributed by atoms with Gasteiger partial charge in [-0.1, -0.05) is 23.7 Å². The van der Waals surface area contributed by atoms with Crippen LogP contribution >= 0.6 is 11.6 Å². The maximum Gasteiger partial charge on any atom is 0.219 e. The highest BCUT2D eigenvalue weighted by Crippen LogP contribution is 2.36. The Balaban J connectivity index is 2.05. The average Bonchev–Trinajstić information content (AvgIpc) is 3.02. The molecule has 26 heavy (non-hydrogen) atoms. The topological polar surface area (TPSA) is 107 Å². The Morgan fingerprint density at radius 1 is 1.04 bits per heavy atom. The largest absolute Gasteiger partial charge is 0.493 e. The van der Waals surface area contributed by atoms with E-state index in [2.05, 4.69) is 15.1 Å². The number of halogens is 1. The highest BCUT2D eigenvalue weighted by Gasteiger charge is 2.20. The van der Waals surface area contributed by atoms with Gasteiger partial charge in [-0.05, 0) is 29.8 Å². The molecule has 7 nitrogen and oxygen atoms in total. The highest BCUT2D eigenvalue weighted by molar-refractivity contribution is 6.30. The third-order valence-corrected chi connectivity index (χ3v) is 4.09. The first-order valence-electron chi connectivity index (χ1n) is 7.51. The van der Waals surface area contributed by atoms with E-state index in [-0.39, 0.29) is 23.1 Å². The van der Waals surface area contributed by atoms with Crippen molar-refractivity contribution >= 4 is 17.2 Å². The van der Waals surface area contributed by atoms with Crippen molar-refractivity contribution < 1.29 is 10.2 Å². The molecule has 0 fully saturated rings. The summed E-state index contributed by atoms with van der Waals surface area (Å²) in [4.78, 5) is 8.17. The van der Waals surface area contributed by atoms with Crippen LogP contribution in [0.1, 0.15) is 5.69 Å². The zero-order chi connectivity index (χ0) is 18.3. The minimum atomic E-state index is -0.324. The Bertz CT molecular complexity index is 1160. The molecule has 0 radical (unpaired) electrons. The van der Waals surface area contributed by atoms with Crippen molar-refractivity contribution in [1.82, 2.24) is 19.6 Å². The second-order valence-corrected chi connectivity index (χ2v) is 5.92. The van der Waals surface area contributed by atoms with Gasteiger partial charge >= 0.3 is 0 Å². The summed E-state index contributed by atoms with van der Waals surface area (Å²) in [6.07, 6.45) is 1.52. The first-order chi connectivity index (χ1) is 12.6. The first kappa shape index (κ1) is 15.9. The minimum Gasteiger partial charge on any atom is -0.493 e. The van der Waals surface area contributed by atoms with Crippen molar-refractivity contribution in [2.75, 3.05) is 0 Å². The van der Waals surface area contributed by atoms with Crippen molar-refractivity contribution in [1.29, 1.82) is 5.26 Å². The normalized spacial score (nSPS) is 10.8. The molecule has 0 spiro atoms. The maximum absolute atomic E-state index is 10.1. The van der Waals surface area contributed by atoms with Crippen molar-refractivity contribution in [2.24, 2.45) is 0 Å². The number of aromatic hydroxyl groups is 2. The highest BCUT2D eigenvalue weighted by atomic mass is 35.5. The molecule has 0 amide bonds. The van der Waals surface area contributed by atoms with Gasteiger partial charge in [0.25, 0.3) is 0 Å². The number of hydrogen-bond donors (Lipinski definition) is 2. The van der Waals surface area contributed by atoms with E-state index in [9.17, 15) is 10.2 Å². The zero-order valence-electron chi connectivity index (χ0n) is 13.1. The smallest absolute Gasteiger partial charge is 0.219 e. The molecule has 0 aliphatic heterocycles. The number of nitriles is 1.